The standard InChI is InChI=1S/C19H30F3N5.HI/c1-23-18(24-8-3-4-9-27-12-10-26(2)11-13-27)25-15-16-6-5-7-17(14-16)19(20,21)22;/h5-7,14H,3-4,8-13,15H2,1-2H3,(H2,23,24,25);1H. The van der Waals surface area contributed by atoms with Crippen molar-refractivity contribution in [1.82, 2.24) is 20.4 Å². The summed E-state index contributed by atoms with van der Waals surface area (Å²) in [6, 6.07) is 5.34. The summed E-state index contributed by atoms with van der Waals surface area (Å²) in [7, 11) is 3.81. The molecule has 2 N–H and O–H groups in total. The van der Waals surface area contributed by atoms with E-state index in [2.05, 4.69) is 32.5 Å². The molecule has 1 heterocycles. The number of aliphatic imine (C=N–C) groups is 1. The smallest absolute Gasteiger partial charge is 0.356 e. The Balaban J connectivity index is 0.00000392. The molecule has 0 atom stereocenters. The molecule has 0 bridgehead atoms. The van der Waals surface area contributed by atoms with Crippen LogP contribution in [0.5, 0.6) is 0 Å². The second-order valence-corrected chi connectivity index (χ2v) is 6.90. The van der Waals surface area contributed by atoms with Crippen LogP contribution in [0.3, 0.4) is 0 Å². The fourth-order valence-electron chi connectivity index (χ4n) is 3.00. The van der Waals surface area contributed by atoms with Crippen molar-refractivity contribution in [2.24, 2.45) is 4.99 Å². The first-order valence-electron chi connectivity index (χ1n) is 9.40. The molecular formula is C19H31F3IN5. The van der Waals surface area contributed by atoms with Gasteiger partial charge in [-0.05, 0) is 44.1 Å². The summed E-state index contributed by atoms with van der Waals surface area (Å²) in [4.78, 5) is 8.96. The van der Waals surface area contributed by atoms with Gasteiger partial charge in [0.1, 0.15) is 0 Å². The Labute approximate surface area is 182 Å². The predicted molar refractivity (Wildman–Crippen MR) is 118 cm³/mol. The molecule has 160 valence electrons. The molecule has 1 aliphatic heterocycles. The molecule has 0 amide bonds. The van der Waals surface area contributed by atoms with E-state index in [0.29, 0.717) is 18.1 Å². The molecular weight excluding hydrogens is 482 g/mol. The highest BCUT2D eigenvalue weighted by Crippen LogP contribution is 2.29. The van der Waals surface area contributed by atoms with Gasteiger partial charge in [-0.15, -0.1) is 24.0 Å². The molecule has 28 heavy (non-hydrogen) atoms. The van der Waals surface area contributed by atoms with Gasteiger partial charge in [-0.2, -0.15) is 13.2 Å². The van der Waals surface area contributed by atoms with E-state index >= 15 is 0 Å². The van der Waals surface area contributed by atoms with E-state index in [1.54, 1.807) is 13.1 Å². The topological polar surface area (TPSA) is 42.9 Å². The van der Waals surface area contributed by atoms with Gasteiger partial charge in [-0.25, -0.2) is 0 Å². The molecule has 0 aliphatic carbocycles. The fraction of sp³-hybridized carbons (Fsp3) is 0.632. The summed E-state index contributed by atoms with van der Waals surface area (Å²) in [6.07, 6.45) is -2.18. The first kappa shape index (κ1) is 25.0. The minimum atomic E-state index is -4.32. The van der Waals surface area contributed by atoms with Crippen molar-refractivity contribution in [1.29, 1.82) is 0 Å². The van der Waals surface area contributed by atoms with E-state index in [1.165, 1.54) is 6.07 Å². The number of piperazine rings is 1. The lowest BCUT2D eigenvalue weighted by molar-refractivity contribution is -0.137. The lowest BCUT2D eigenvalue weighted by Gasteiger charge is -2.32. The van der Waals surface area contributed by atoms with Gasteiger partial charge < -0.3 is 20.4 Å². The number of alkyl halides is 3. The average molecular weight is 513 g/mol. The molecule has 1 fully saturated rings. The second-order valence-electron chi connectivity index (χ2n) is 6.90. The monoisotopic (exact) mass is 513 g/mol. The summed E-state index contributed by atoms with van der Waals surface area (Å²) in [5.41, 5.74) is -0.0588. The number of unbranched alkanes of at least 4 members (excludes halogenated alkanes) is 1. The van der Waals surface area contributed by atoms with Gasteiger partial charge in [0, 0.05) is 46.3 Å². The van der Waals surface area contributed by atoms with Crippen LogP contribution in [0.1, 0.15) is 24.0 Å². The molecule has 0 unspecified atom stereocenters. The van der Waals surface area contributed by atoms with Gasteiger partial charge in [0.05, 0.1) is 5.56 Å². The van der Waals surface area contributed by atoms with Crippen LogP contribution >= 0.6 is 24.0 Å². The predicted octanol–water partition coefficient (Wildman–Crippen LogP) is 3.02. The summed E-state index contributed by atoms with van der Waals surface area (Å²) in [5.74, 6) is 0.604. The third kappa shape index (κ3) is 8.95. The molecule has 0 spiro atoms. The SMILES string of the molecule is CN=C(NCCCCN1CCN(C)CC1)NCc1cccc(C(F)(F)F)c1.I. The zero-order valence-corrected chi connectivity index (χ0v) is 18.9. The zero-order valence-electron chi connectivity index (χ0n) is 16.6. The van der Waals surface area contributed by atoms with Crippen molar-refractivity contribution in [3.63, 3.8) is 0 Å². The molecule has 0 aromatic heterocycles. The largest absolute Gasteiger partial charge is 0.416 e. The van der Waals surface area contributed by atoms with E-state index < -0.39 is 11.7 Å². The molecule has 9 heteroatoms. The van der Waals surface area contributed by atoms with Gasteiger partial charge in [0.25, 0.3) is 0 Å². The highest BCUT2D eigenvalue weighted by molar-refractivity contribution is 14.0. The van der Waals surface area contributed by atoms with Gasteiger partial charge in [-0.1, -0.05) is 12.1 Å². The maximum atomic E-state index is 12.8. The maximum Gasteiger partial charge on any atom is 0.416 e. The van der Waals surface area contributed by atoms with Gasteiger partial charge >= 0.3 is 6.18 Å². The first-order valence-corrected chi connectivity index (χ1v) is 9.40. The third-order valence-corrected chi connectivity index (χ3v) is 4.73. The fourth-order valence-corrected chi connectivity index (χ4v) is 3.00. The number of likely N-dealkylation sites (N-methyl/N-ethyl adjacent to an activating group) is 1. The van der Waals surface area contributed by atoms with Gasteiger partial charge in [0.15, 0.2) is 5.96 Å². The number of nitrogens with one attached hydrogen (secondary N) is 2. The number of nitrogens with zero attached hydrogens (tertiary/aromatic N) is 3. The van der Waals surface area contributed by atoms with Crippen molar-refractivity contribution in [3.05, 3.63) is 35.4 Å². The quantitative estimate of drug-likeness (QED) is 0.255. The van der Waals surface area contributed by atoms with Crippen LogP contribution in [0.25, 0.3) is 0 Å². The molecule has 1 aliphatic rings. The van der Waals surface area contributed by atoms with Crippen molar-refractivity contribution in [2.75, 3.05) is 53.4 Å². The van der Waals surface area contributed by atoms with Crippen molar-refractivity contribution >= 4 is 29.9 Å². The highest BCUT2D eigenvalue weighted by atomic mass is 127. The Kier molecular flexibility index (Phi) is 11.1. The zero-order chi connectivity index (χ0) is 19.7. The Morgan fingerprint density at radius 3 is 2.46 bits per heavy atom. The lowest BCUT2D eigenvalue weighted by atomic mass is 10.1. The minimum Gasteiger partial charge on any atom is -0.356 e. The average Bonchev–Trinajstić information content (AvgIpc) is 2.65. The van der Waals surface area contributed by atoms with Gasteiger partial charge in [0.2, 0.25) is 0 Å². The van der Waals surface area contributed by atoms with E-state index in [-0.39, 0.29) is 24.0 Å². The van der Waals surface area contributed by atoms with Gasteiger partial charge in [-0.3, -0.25) is 4.99 Å². The Bertz CT molecular complexity index is 601. The molecule has 5 nitrogen and oxygen atoms in total. The van der Waals surface area contributed by atoms with E-state index in [1.807, 2.05) is 0 Å². The molecule has 2 rings (SSSR count). The molecule has 1 aromatic rings. The molecule has 1 aromatic carbocycles. The Hall–Kier alpha value is -1.07. The van der Waals surface area contributed by atoms with Crippen LogP contribution in [-0.2, 0) is 12.7 Å². The minimum absolute atomic E-state index is 0. The van der Waals surface area contributed by atoms with Crippen LogP contribution in [-0.4, -0.2) is 69.1 Å². The Morgan fingerprint density at radius 2 is 1.82 bits per heavy atom. The summed E-state index contributed by atoms with van der Waals surface area (Å²) in [6.45, 7) is 6.70. The number of benzene rings is 1. The van der Waals surface area contributed by atoms with Crippen molar-refractivity contribution in [2.45, 2.75) is 25.6 Å². The number of halogens is 4. The first-order chi connectivity index (χ1) is 12.9. The van der Waals surface area contributed by atoms with Crippen LogP contribution in [0.15, 0.2) is 29.3 Å². The summed E-state index contributed by atoms with van der Waals surface area (Å²) >= 11 is 0. The van der Waals surface area contributed by atoms with Crippen LogP contribution in [0.4, 0.5) is 13.2 Å². The van der Waals surface area contributed by atoms with Crippen LogP contribution in [0.2, 0.25) is 0 Å². The number of hydrogen-bond donors (Lipinski definition) is 2. The molecule has 0 radical (unpaired) electrons. The van der Waals surface area contributed by atoms with Crippen molar-refractivity contribution < 1.29 is 13.2 Å². The number of rotatable bonds is 7. The number of hydrogen-bond acceptors (Lipinski definition) is 3. The van der Waals surface area contributed by atoms with Crippen molar-refractivity contribution in [3.8, 4) is 0 Å². The summed E-state index contributed by atoms with van der Waals surface area (Å²) < 4.78 is 38.3. The summed E-state index contributed by atoms with van der Waals surface area (Å²) in [5, 5.41) is 6.28. The maximum absolute atomic E-state index is 12.8. The normalized spacial score (nSPS) is 16.5. The lowest BCUT2D eigenvalue weighted by Crippen LogP contribution is -2.44. The Morgan fingerprint density at radius 1 is 1.11 bits per heavy atom. The van der Waals surface area contributed by atoms with E-state index in [0.717, 1.165) is 64.2 Å². The van der Waals surface area contributed by atoms with E-state index in [4.69, 9.17) is 0 Å². The van der Waals surface area contributed by atoms with Crippen LogP contribution in [0, 0.1) is 0 Å². The van der Waals surface area contributed by atoms with Crippen LogP contribution < -0.4 is 10.6 Å². The third-order valence-electron chi connectivity index (χ3n) is 4.73. The number of guanidine groups is 1. The van der Waals surface area contributed by atoms with E-state index in [9.17, 15) is 13.2 Å². The molecule has 1 saturated heterocycles. The highest BCUT2D eigenvalue weighted by Gasteiger charge is 2.30. The second kappa shape index (κ2) is 12.5. The molecule has 0 saturated carbocycles.